The molecule has 0 heterocycles. The molecule has 0 radical (unpaired) electrons. The van der Waals surface area contributed by atoms with E-state index < -0.39 is 7.82 Å². The largest absolute Gasteiger partial charge is 0.756 e. The molecule has 0 spiro atoms. The predicted octanol–water partition coefficient (Wildman–Crippen LogP) is 7.63. The zero-order valence-corrected chi connectivity index (χ0v) is 23.0. The molecule has 1 atom stereocenters. The number of phosphoric ester groups is 1. The number of phosphoric acid groups is 1. The Kier molecular flexibility index (Phi) is 21.6. The molecule has 0 aliphatic heterocycles. The van der Waals surface area contributed by atoms with Crippen molar-refractivity contribution in [2.75, 3.05) is 40.4 Å². The minimum absolute atomic E-state index is 0.197. The fraction of sp³-hybridized carbons (Fsp3) is 1.00. The molecular weight excluding hydrogens is 421 g/mol. The van der Waals surface area contributed by atoms with Crippen LogP contribution in [0.3, 0.4) is 0 Å². The van der Waals surface area contributed by atoms with Gasteiger partial charge in [0.05, 0.1) is 27.2 Å². The summed E-state index contributed by atoms with van der Waals surface area (Å²) in [6.45, 7) is 6.68. The SMILES string of the molecule is CCCCCCCCCCCCOP(=O)([O-])OCC[N+](C)(C)CCCCCCCCCC. The van der Waals surface area contributed by atoms with Gasteiger partial charge in [0.2, 0.25) is 0 Å². The number of nitrogens with zero attached hydrogens (tertiary/aromatic N) is 1. The minimum atomic E-state index is -4.17. The lowest BCUT2D eigenvalue weighted by Crippen LogP contribution is -2.43. The first-order valence-electron chi connectivity index (χ1n) is 13.7. The molecule has 0 N–H and O–H groups in total. The van der Waals surface area contributed by atoms with E-state index in [1.54, 1.807) is 0 Å². The number of rotatable bonds is 25. The average Bonchev–Trinajstić information content (AvgIpc) is 2.73. The highest BCUT2D eigenvalue weighted by Crippen LogP contribution is 2.38. The van der Waals surface area contributed by atoms with Gasteiger partial charge in [0.25, 0.3) is 7.82 Å². The Morgan fingerprint density at radius 1 is 0.562 bits per heavy atom. The van der Waals surface area contributed by atoms with Gasteiger partial charge in [-0.1, -0.05) is 110 Å². The lowest BCUT2D eigenvalue weighted by atomic mass is 10.1. The van der Waals surface area contributed by atoms with Gasteiger partial charge >= 0.3 is 0 Å². The summed E-state index contributed by atoms with van der Waals surface area (Å²) >= 11 is 0. The summed E-state index contributed by atoms with van der Waals surface area (Å²) in [5.74, 6) is 0. The van der Waals surface area contributed by atoms with Crippen LogP contribution in [0.5, 0.6) is 0 Å². The molecule has 194 valence electrons. The molecular formula is C26H56NO4P. The van der Waals surface area contributed by atoms with Crippen LogP contribution in [0.2, 0.25) is 0 Å². The molecule has 0 amide bonds. The zero-order chi connectivity index (χ0) is 24.0. The van der Waals surface area contributed by atoms with Crippen molar-refractivity contribution in [1.82, 2.24) is 0 Å². The molecule has 0 aliphatic carbocycles. The average molecular weight is 478 g/mol. The molecule has 0 fully saturated rings. The van der Waals surface area contributed by atoms with Crippen molar-refractivity contribution in [3.05, 3.63) is 0 Å². The van der Waals surface area contributed by atoms with Gasteiger partial charge < -0.3 is 18.4 Å². The number of hydrogen-bond acceptors (Lipinski definition) is 4. The van der Waals surface area contributed by atoms with E-state index in [4.69, 9.17) is 9.05 Å². The molecule has 6 heteroatoms. The van der Waals surface area contributed by atoms with Gasteiger partial charge in [-0.25, -0.2) is 0 Å². The van der Waals surface area contributed by atoms with Gasteiger partial charge in [0, 0.05) is 0 Å². The van der Waals surface area contributed by atoms with E-state index in [1.165, 1.54) is 96.3 Å². The van der Waals surface area contributed by atoms with Crippen LogP contribution in [-0.2, 0) is 13.6 Å². The first-order valence-corrected chi connectivity index (χ1v) is 15.2. The van der Waals surface area contributed by atoms with Crippen molar-refractivity contribution < 1.29 is 23.0 Å². The third-order valence-corrected chi connectivity index (χ3v) is 7.31. The van der Waals surface area contributed by atoms with Gasteiger partial charge in [-0.05, 0) is 19.3 Å². The normalized spacial score (nSPS) is 14.0. The summed E-state index contributed by atoms with van der Waals surface area (Å²) in [7, 11) is 0.122. The second kappa shape index (κ2) is 21.6. The quantitative estimate of drug-likeness (QED) is 0.0770. The van der Waals surface area contributed by atoms with Crippen LogP contribution in [0.25, 0.3) is 0 Å². The Morgan fingerprint density at radius 2 is 0.938 bits per heavy atom. The second-order valence-electron chi connectivity index (χ2n) is 10.2. The third-order valence-electron chi connectivity index (χ3n) is 6.31. The van der Waals surface area contributed by atoms with E-state index in [0.717, 1.165) is 30.3 Å². The maximum atomic E-state index is 12.0. The predicted molar refractivity (Wildman–Crippen MR) is 136 cm³/mol. The Bertz CT molecular complexity index is 446. The van der Waals surface area contributed by atoms with E-state index in [0.29, 0.717) is 6.54 Å². The Balaban J connectivity index is 3.61. The molecule has 0 aromatic rings. The van der Waals surface area contributed by atoms with Crippen molar-refractivity contribution in [2.45, 2.75) is 129 Å². The molecule has 0 rings (SSSR count). The highest BCUT2D eigenvalue weighted by molar-refractivity contribution is 7.45. The van der Waals surface area contributed by atoms with Crippen molar-refractivity contribution in [3.63, 3.8) is 0 Å². The molecule has 32 heavy (non-hydrogen) atoms. The molecule has 0 aliphatic rings. The van der Waals surface area contributed by atoms with Gasteiger partial charge in [0.1, 0.15) is 13.2 Å². The van der Waals surface area contributed by atoms with E-state index in [2.05, 4.69) is 27.9 Å². The van der Waals surface area contributed by atoms with E-state index in [1.807, 2.05) is 0 Å². The summed E-state index contributed by atoms with van der Waals surface area (Å²) < 4.78 is 22.9. The fourth-order valence-electron chi connectivity index (χ4n) is 3.99. The summed E-state index contributed by atoms with van der Waals surface area (Å²) in [6.07, 6.45) is 22.7. The van der Waals surface area contributed by atoms with Crippen LogP contribution in [-0.4, -0.2) is 44.9 Å². The number of unbranched alkanes of at least 4 members (excludes halogenated alkanes) is 16. The number of hydrogen-bond donors (Lipinski definition) is 0. The second-order valence-corrected chi connectivity index (χ2v) is 11.6. The molecule has 0 saturated carbocycles. The maximum Gasteiger partial charge on any atom is 0.268 e. The Morgan fingerprint density at radius 3 is 1.41 bits per heavy atom. The molecule has 0 bridgehead atoms. The third kappa shape index (κ3) is 23.2. The monoisotopic (exact) mass is 477 g/mol. The van der Waals surface area contributed by atoms with Crippen LogP contribution in [0.4, 0.5) is 0 Å². The summed E-state index contributed by atoms with van der Waals surface area (Å²) in [4.78, 5) is 12.0. The van der Waals surface area contributed by atoms with E-state index >= 15 is 0 Å². The van der Waals surface area contributed by atoms with Gasteiger partial charge in [-0.3, -0.25) is 4.57 Å². The topological polar surface area (TPSA) is 58.6 Å². The summed E-state index contributed by atoms with van der Waals surface area (Å²) in [5, 5.41) is 0. The first-order chi connectivity index (χ1) is 15.3. The molecule has 0 aromatic heterocycles. The molecule has 0 aromatic carbocycles. The first kappa shape index (κ1) is 32.1. The summed E-state index contributed by atoms with van der Waals surface area (Å²) in [5.41, 5.74) is 0. The number of likely N-dealkylation sites (N-methyl/N-ethyl adjacent to an activating group) is 1. The van der Waals surface area contributed by atoms with Crippen molar-refractivity contribution >= 4 is 7.82 Å². The van der Waals surface area contributed by atoms with E-state index in [-0.39, 0.29) is 13.2 Å². The fourth-order valence-corrected chi connectivity index (χ4v) is 4.72. The number of quaternary nitrogens is 1. The zero-order valence-electron chi connectivity index (χ0n) is 22.1. The van der Waals surface area contributed by atoms with Crippen LogP contribution in [0.15, 0.2) is 0 Å². The highest BCUT2D eigenvalue weighted by Gasteiger charge is 2.17. The molecule has 5 nitrogen and oxygen atoms in total. The van der Waals surface area contributed by atoms with Crippen LogP contribution in [0.1, 0.15) is 129 Å². The highest BCUT2D eigenvalue weighted by atomic mass is 31.2. The van der Waals surface area contributed by atoms with Gasteiger partial charge in [-0.2, -0.15) is 0 Å². The van der Waals surface area contributed by atoms with Gasteiger partial charge in [-0.15, -0.1) is 0 Å². The maximum absolute atomic E-state index is 12.0. The van der Waals surface area contributed by atoms with Crippen LogP contribution >= 0.6 is 7.82 Å². The van der Waals surface area contributed by atoms with Gasteiger partial charge in [0.15, 0.2) is 0 Å². The van der Waals surface area contributed by atoms with Crippen LogP contribution < -0.4 is 4.89 Å². The molecule has 1 unspecified atom stereocenters. The lowest BCUT2D eigenvalue weighted by Gasteiger charge is -2.31. The van der Waals surface area contributed by atoms with E-state index in [9.17, 15) is 9.46 Å². The van der Waals surface area contributed by atoms with Crippen LogP contribution in [0, 0.1) is 0 Å². The Hall–Kier alpha value is 0.0700. The van der Waals surface area contributed by atoms with Crippen molar-refractivity contribution in [3.8, 4) is 0 Å². The standard InChI is InChI=1S/C26H56NO4P/c1-5-7-9-11-13-15-16-18-20-22-25-30-32(28,29)31-26-24-27(3,4)23-21-19-17-14-12-10-8-6-2/h5-26H2,1-4H3. The van der Waals surface area contributed by atoms with Crippen molar-refractivity contribution in [1.29, 1.82) is 0 Å². The lowest BCUT2D eigenvalue weighted by molar-refractivity contribution is -0.890. The van der Waals surface area contributed by atoms with Crippen molar-refractivity contribution in [2.24, 2.45) is 0 Å². The Labute approximate surface area is 200 Å². The smallest absolute Gasteiger partial charge is 0.268 e. The minimum Gasteiger partial charge on any atom is -0.756 e. The summed E-state index contributed by atoms with van der Waals surface area (Å²) in [6, 6.07) is 0. The molecule has 0 saturated heterocycles.